The largest absolute Gasteiger partial charge is 0.355 e. The van der Waals surface area contributed by atoms with Gasteiger partial charge in [-0.1, -0.05) is 29.8 Å². The zero-order chi connectivity index (χ0) is 7.98. The zero-order valence-corrected chi connectivity index (χ0v) is 8.07. The van der Waals surface area contributed by atoms with Crippen LogP contribution in [0.5, 0.6) is 0 Å². The van der Waals surface area contributed by atoms with Crippen molar-refractivity contribution in [3.63, 3.8) is 0 Å². The summed E-state index contributed by atoms with van der Waals surface area (Å²) in [4.78, 5) is 11.1. The first-order valence-corrected chi connectivity index (χ1v) is 4.53. The van der Waals surface area contributed by atoms with Gasteiger partial charge in [0.2, 0.25) is 5.91 Å². The van der Waals surface area contributed by atoms with Crippen LogP contribution in [0.15, 0.2) is 0 Å². The molecule has 60 valence electrons. The number of alkyl halides is 1. The summed E-state index contributed by atoms with van der Waals surface area (Å²) in [5, 5.41) is 2.80. The molecule has 0 aliphatic carbocycles. The maximum absolute atomic E-state index is 10.7. The Morgan fingerprint density at radius 2 is 2.20 bits per heavy atom. The maximum atomic E-state index is 10.7. The molecule has 0 aliphatic rings. The van der Waals surface area contributed by atoms with Crippen molar-refractivity contribution in [3.05, 3.63) is 0 Å². The van der Waals surface area contributed by atoms with Gasteiger partial charge in [-0.05, 0) is 6.42 Å². The minimum atomic E-state index is 0.123. The Kier molecular flexibility index (Phi) is 5.69. The van der Waals surface area contributed by atoms with Gasteiger partial charge in [0.15, 0.2) is 0 Å². The van der Waals surface area contributed by atoms with E-state index in [1.807, 2.05) is 6.92 Å². The molecular weight excluding hydrogens is 194 g/mol. The average Bonchev–Trinajstić information content (AvgIpc) is 1.99. The molecule has 2 nitrogen and oxygen atoms in total. The molecule has 1 unspecified atom stereocenters. The third-order valence-electron chi connectivity index (χ3n) is 1.28. The van der Waals surface area contributed by atoms with Crippen molar-refractivity contribution in [1.82, 2.24) is 5.32 Å². The van der Waals surface area contributed by atoms with Gasteiger partial charge >= 0.3 is 0 Å². The lowest BCUT2D eigenvalue weighted by Crippen LogP contribution is -2.28. The van der Waals surface area contributed by atoms with Crippen LogP contribution >= 0.6 is 15.9 Å². The molecule has 0 aromatic rings. The molecule has 1 amide bonds. The van der Waals surface area contributed by atoms with Crippen LogP contribution in [0, 0.1) is 0 Å². The fourth-order valence-electron chi connectivity index (χ4n) is 0.494. The molecule has 1 atom stereocenters. The van der Waals surface area contributed by atoms with E-state index in [4.69, 9.17) is 0 Å². The van der Waals surface area contributed by atoms with Gasteiger partial charge in [0.05, 0.1) is 0 Å². The molecule has 1 N–H and O–H groups in total. The predicted molar refractivity (Wildman–Crippen MR) is 46.3 cm³/mol. The van der Waals surface area contributed by atoms with Crippen LogP contribution < -0.4 is 5.32 Å². The molecule has 0 heterocycles. The van der Waals surface area contributed by atoms with Crippen molar-refractivity contribution in [1.29, 1.82) is 0 Å². The van der Waals surface area contributed by atoms with Crippen molar-refractivity contribution in [2.45, 2.75) is 31.5 Å². The molecule has 0 aromatic carbocycles. The second-order valence-corrected chi connectivity index (χ2v) is 3.46. The van der Waals surface area contributed by atoms with E-state index in [2.05, 4.69) is 28.2 Å². The molecular formula is C7H14BrNO. The first kappa shape index (κ1) is 9.95. The molecule has 0 aromatic heterocycles. The SMILES string of the molecule is CCC(=O)NCC(Br)CC. The van der Waals surface area contributed by atoms with E-state index < -0.39 is 0 Å². The number of carbonyl (C=O) groups is 1. The molecule has 0 aliphatic heterocycles. The van der Waals surface area contributed by atoms with Gasteiger partial charge in [0, 0.05) is 17.8 Å². The van der Waals surface area contributed by atoms with Gasteiger partial charge < -0.3 is 5.32 Å². The minimum absolute atomic E-state index is 0.123. The molecule has 0 spiro atoms. The number of halogens is 1. The van der Waals surface area contributed by atoms with Crippen LogP contribution in [0.1, 0.15) is 26.7 Å². The summed E-state index contributed by atoms with van der Waals surface area (Å²) >= 11 is 3.42. The van der Waals surface area contributed by atoms with Crippen molar-refractivity contribution >= 4 is 21.8 Å². The van der Waals surface area contributed by atoms with Crippen molar-refractivity contribution < 1.29 is 4.79 Å². The quantitative estimate of drug-likeness (QED) is 0.699. The van der Waals surface area contributed by atoms with E-state index in [1.165, 1.54) is 0 Å². The Morgan fingerprint density at radius 1 is 1.60 bits per heavy atom. The Balaban J connectivity index is 3.26. The topological polar surface area (TPSA) is 29.1 Å². The van der Waals surface area contributed by atoms with Crippen LogP contribution in [0.4, 0.5) is 0 Å². The first-order valence-electron chi connectivity index (χ1n) is 3.61. The Morgan fingerprint density at radius 3 is 2.60 bits per heavy atom. The van der Waals surface area contributed by atoms with E-state index in [1.54, 1.807) is 0 Å². The van der Waals surface area contributed by atoms with Gasteiger partial charge in [0.1, 0.15) is 0 Å². The van der Waals surface area contributed by atoms with Crippen molar-refractivity contribution in [3.8, 4) is 0 Å². The van der Waals surface area contributed by atoms with Gasteiger partial charge in [-0.25, -0.2) is 0 Å². The highest BCUT2D eigenvalue weighted by atomic mass is 79.9. The summed E-state index contributed by atoms with van der Waals surface area (Å²) in [6.45, 7) is 4.67. The molecule has 3 heteroatoms. The highest BCUT2D eigenvalue weighted by molar-refractivity contribution is 9.09. The average molecular weight is 208 g/mol. The summed E-state index contributed by atoms with van der Waals surface area (Å²) in [5.74, 6) is 0.123. The van der Waals surface area contributed by atoms with Gasteiger partial charge in [-0.2, -0.15) is 0 Å². The molecule has 0 bridgehead atoms. The Labute approximate surface area is 70.5 Å². The van der Waals surface area contributed by atoms with Crippen molar-refractivity contribution in [2.75, 3.05) is 6.54 Å². The van der Waals surface area contributed by atoms with Crippen LogP contribution in [0.25, 0.3) is 0 Å². The molecule has 0 rings (SSSR count). The second-order valence-electron chi connectivity index (χ2n) is 2.16. The number of hydrogen-bond acceptors (Lipinski definition) is 1. The third kappa shape index (κ3) is 4.79. The van der Waals surface area contributed by atoms with E-state index >= 15 is 0 Å². The Bertz CT molecular complexity index is 106. The highest BCUT2D eigenvalue weighted by Gasteiger charge is 2.01. The fourth-order valence-corrected chi connectivity index (χ4v) is 0.656. The summed E-state index contributed by atoms with van der Waals surface area (Å²) < 4.78 is 0. The van der Waals surface area contributed by atoms with Crippen LogP contribution in [0.3, 0.4) is 0 Å². The van der Waals surface area contributed by atoms with Crippen LogP contribution in [-0.2, 0) is 4.79 Å². The predicted octanol–water partition coefficient (Wildman–Crippen LogP) is 1.69. The first-order chi connectivity index (χ1) is 4.70. The van der Waals surface area contributed by atoms with Gasteiger partial charge in [-0.15, -0.1) is 0 Å². The normalized spacial score (nSPS) is 12.7. The van der Waals surface area contributed by atoms with E-state index in [0.29, 0.717) is 11.2 Å². The smallest absolute Gasteiger partial charge is 0.219 e. The standard InChI is InChI=1S/C7H14BrNO/c1-3-6(8)5-9-7(10)4-2/h6H,3-5H2,1-2H3,(H,9,10). The zero-order valence-electron chi connectivity index (χ0n) is 6.48. The van der Waals surface area contributed by atoms with E-state index in [0.717, 1.165) is 13.0 Å². The molecule has 0 radical (unpaired) electrons. The van der Waals surface area contributed by atoms with Gasteiger partial charge in [0.25, 0.3) is 0 Å². The van der Waals surface area contributed by atoms with E-state index in [9.17, 15) is 4.79 Å². The summed E-state index contributed by atoms with van der Waals surface area (Å²) in [6, 6.07) is 0. The third-order valence-corrected chi connectivity index (χ3v) is 2.26. The fraction of sp³-hybridized carbons (Fsp3) is 0.857. The Hall–Kier alpha value is -0.0500. The number of carbonyl (C=O) groups excluding carboxylic acids is 1. The molecule has 10 heavy (non-hydrogen) atoms. The minimum Gasteiger partial charge on any atom is -0.355 e. The molecule has 0 saturated carbocycles. The summed E-state index contributed by atoms with van der Waals surface area (Å²) in [5.41, 5.74) is 0. The second kappa shape index (κ2) is 5.71. The molecule has 0 fully saturated rings. The maximum Gasteiger partial charge on any atom is 0.219 e. The monoisotopic (exact) mass is 207 g/mol. The van der Waals surface area contributed by atoms with Crippen molar-refractivity contribution in [2.24, 2.45) is 0 Å². The lowest BCUT2D eigenvalue weighted by Gasteiger charge is -2.06. The summed E-state index contributed by atoms with van der Waals surface area (Å²) in [7, 11) is 0. The van der Waals surface area contributed by atoms with Gasteiger partial charge in [-0.3, -0.25) is 4.79 Å². The number of nitrogens with one attached hydrogen (secondary N) is 1. The van der Waals surface area contributed by atoms with Crippen LogP contribution in [-0.4, -0.2) is 17.3 Å². The van der Waals surface area contributed by atoms with E-state index in [-0.39, 0.29) is 5.91 Å². The lowest BCUT2D eigenvalue weighted by atomic mass is 10.3. The lowest BCUT2D eigenvalue weighted by molar-refractivity contribution is -0.120. The summed E-state index contributed by atoms with van der Waals surface area (Å²) in [6.07, 6.45) is 1.62. The number of hydrogen-bond donors (Lipinski definition) is 1. The van der Waals surface area contributed by atoms with Crippen LogP contribution in [0.2, 0.25) is 0 Å². The highest BCUT2D eigenvalue weighted by Crippen LogP contribution is 2.01. The number of amides is 1. The molecule has 0 saturated heterocycles. The number of rotatable bonds is 4.